The first-order valence-corrected chi connectivity index (χ1v) is 15.3. The highest BCUT2D eigenvalue weighted by atomic mass is 16.6. The Morgan fingerprint density at radius 1 is 1.00 bits per heavy atom. The average molecular weight is 699 g/mol. The Morgan fingerprint density at radius 3 is 2.24 bits per heavy atom. The molecule has 17 heteroatoms. The fourth-order valence-corrected chi connectivity index (χ4v) is 7.86. The number of fused-ring (bicyclic) bond motifs is 5. The van der Waals surface area contributed by atoms with E-state index < -0.39 is 128 Å². The van der Waals surface area contributed by atoms with Gasteiger partial charge < -0.3 is 60.0 Å². The first-order valence-electron chi connectivity index (χ1n) is 15.3. The first kappa shape index (κ1) is 35.1. The van der Waals surface area contributed by atoms with Gasteiger partial charge in [0, 0.05) is 44.3 Å². The number of hydrogen-bond donors (Lipinski definition) is 8. The van der Waals surface area contributed by atoms with Crippen molar-refractivity contribution < 1.29 is 69.1 Å². The van der Waals surface area contributed by atoms with Crippen molar-refractivity contribution in [3.8, 4) is 17.2 Å². The molecule has 3 aromatic rings. The van der Waals surface area contributed by atoms with Crippen LogP contribution in [0.2, 0.25) is 0 Å². The number of aliphatic hydroxyl groups is 3. The molecule has 6 rings (SSSR count). The number of nitroso groups, excluding NO2 is 1. The molecule has 17 nitrogen and oxygen atoms in total. The van der Waals surface area contributed by atoms with Crippen LogP contribution in [0.1, 0.15) is 54.7 Å². The Bertz CT molecular complexity index is 2000. The molecular formula is C33H34N2O15. The molecule has 3 aliphatic rings. The van der Waals surface area contributed by atoms with Gasteiger partial charge in [0.25, 0.3) is 0 Å². The van der Waals surface area contributed by atoms with Crippen LogP contribution in [0.3, 0.4) is 0 Å². The number of aromatic carboxylic acids is 1. The van der Waals surface area contributed by atoms with E-state index in [1.807, 2.05) is 0 Å². The highest BCUT2D eigenvalue weighted by molar-refractivity contribution is 6.27. The van der Waals surface area contributed by atoms with Crippen molar-refractivity contribution in [1.29, 1.82) is 0 Å². The minimum atomic E-state index is -3.27. The van der Waals surface area contributed by atoms with E-state index in [0.717, 1.165) is 19.2 Å². The molecule has 0 radical (unpaired) electrons. The maximum atomic E-state index is 14.6. The van der Waals surface area contributed by atoms with Crippen LogP contribution in [-0.2, 0) is 31.0 Å². The minimum absolute atomic E-state index is 0.0317. The van der Waals surface area contributed by atoms with Gasteiger partial charge in [-0.1, -0.05) is 6.07 Å². The van der Waals surface area contributed by atoms with Crippen molar-refractivity contribution in [3.05, 3.63) is 56.5 Å². The summed E-state index contributed by atoms with van der Waals surface area (Å²) in [5.74, 6) is -7.16. The van der Waals surface area contributed by atoms with Gasteiger partial charge in [0.1, 0.15) is 46.8 Å². The van der Waals surface area contributed by atoms with E-state index in [1.54, 1.807) is 6.92 Å². The van der Waals surface area contributed by atoms with Gasteiger partial charge in [0.05, 0.1) is 28.8 Å². The minimum Gasteiger partial charge on any atom is -0.507 e. The normalized spacial score (nSPS) is 30.4. The average Bonchev–Trinajstić information content (AvgIpc) is 3.04. The summed E-state index contributed by atoms with van der Waals surface area (Å²) in [4.78, 5) is 53.3. The van der Waals surface area contributed by atoms with Gasteiger partial charge in [-0.05, 0) is 42.3 Å². The van der Waals surface area contributed by atoms with E-state index >= 15 is 0 Å². The molecule has 266 valence electrons. The Morgan fingerprint density at radius 2 is 1.66 bits per heavy atom. The Labute approximate surface area is 282 Å². The number of benzene rings is 3. The van der Waals surface area contributed by atoms with Crippen molar-refractivity contribution in [2.45, 2.75) is 68.2 Å². The zero-order valence-electron chi connectivity index (χ0n) is 27.2. The molecule has 0 saturated carbocycles. The lowest BCUT2D eigenvalue weighted by atomic mass is 9.57. The highest BCUT2D eigenvalue weighted by Crippen LogP contribution is 2.58. The van der Waals surface area contributed by atoms with Gasteiger partial charge in [0.2, 0.25) is 11.6 Å². The van der Waals surface area contributed by atoms with Crippen molar-refractivity contribution in [3.63, 3.8) is 0 Å². The number of carbonyl (C=O) groups excluding carboxylic acids is 2. The number of Topliss-reactive ketones (excluding diaryl/α,β-unsaturated/α-hetero) is 2. The third kappa shape index (κ3) is 4.35. The van der Waals surface area contributed by atoms with Crippen molar-refractivity contribution in [1.82, 2.24) is 0 Å². The Balaban J connectivity index is 1.60. The van der Waals surface area contributed by atoms with Crippen LogP contribution in [0.25, 0.3) is 10.8 Å². The van der Waals surface area contributed by atoms with Gasteiger partial charge in [-0.15, -0.1) is 4.91 Å². The van der Waals surface area contributed by atoms with Gasteiger partial charge in [-0.25, -0.2) is 4.79 Å². The van der Waals surface area contributed by atoms with E-state index in [-0.39, 0.29) is 16.8 Å². The summed E-state index contributed by atoms with van der Waals surface area (Å²) in [6.45, 7) is 2.97. The molecule has 0 spiro atoms. The molecule has 1 heterocycles. The molecule has 1 saturated heterocycles. The number of aryl methyl sites for hydroxylation is 1. The second-order valence-electron chi connectivity index (χ2n) is 12.5. The number of phenols is 3. The summed E-state index contributed by atoms with van der Waals surface area (Å²) in [5.41, 5.74) is -9.92. The maximum Gasteiger partial charge on any atom is 0.339 e. The van der Waals surface area contributed by atoms with Crippen LogP contribution in [0.5, 0.6) is 17.2 Å². The number of rotatable bonds is 7. The standard InChI is InChI=1S/C33H34N2O15/c1-10-6-12-7-17(36)33(49-5)29(42)20-14(28(41)32(33,45)21(12)24(39)18(10)31(43)44)8-13-19(23(20)38)15(35-46)9-16(22(13)37)34-30-27(48-4)25(40)26(47-3)11(2)50-30/h6,8-9,11,17,25-27,30,34,36-40,45H,7H2,1-5H3,(H,43,44)/t11-,17?,25+,26-,27+,30-,32?,33?/m0/s1. The smallest absolute Gasteiger partial charge is 0.339 e. The Kier molecular flexibility index (Phi) is 8.38. The number of ether oxygens (including phenoxy) is 4. The van der Waals surface area contributed by atoms with E-state index in [2.05, 4.69) is 10.5 Å². The molecule has 8 N–H and O–H groups in total. The topological polar surface area (TPSA) is 271 Å². The number of carbonyl (C=O) groups is 3. The number of phenolic OH excluding ortho intramolecular Hbond substituents is 2. The largest absolute Gasteiger partial charge is 0.507 e. The number of ketones is 2. The van der Waals surface area contributed by atoms with Crippen LogP contribution in [-0.4, -0.2) is 117 Å². The van der Waals surface area contributed by atoms with Gasteiger partial charge >= 0.3 is 5.97 Å². The van der Waals surface area contributed by atoms with Crippen molar-refractivity contribution >= 4 is 39.7 Å². The molecule has 0 bridgehead atoms. The van der Waals surface area contributed by atoms with E-state index in [9.17, 15) is 55.0 Å². The molecular weight excluding hydrogens is 664 g/mol. The number of methoxy groups -OCH3 is 3. The molecule has 0 amide bonds. The number of aliphatic hydroxyl groups excluding tert-OH is 2. The lowest BCUT2D eigenvalue weighted by molar-refractivity contribution is -0.223. The monoisotopic (exact) mass is 698 g/mol. The third-order valence-corrected chi connectivity index (χ3v) is 10.1. The number of nitrogens with one attached hydrogen (secondary N) is 1. The number of carboxylic acid groups (broad SMARTS) is 1. The van der Waals surface area contributed by atoms with Gasteiger partial charge in [-0.2, -0.15) is 0 Å². The highest BCUT2D eigenvalue weighted by Gasteiger charge is 2.72. The molecule has 1 aliphatic heterocycles. The fraction of sp³-hybridized carbons (Fsp3) is 0.424. The lowest BCUT2D eigenvalue weighted by Gasteiger charge is -2.52. The number of hydrogen-bond acceptors (Lipinski definition) is 16. The summed E-state index contributed by atoms with van der Waals surface area (Å²) in [6, 6.07) is 3.15. The number of nitrogens with zero attached hydrogens (tertiary/aromatic N) is 1. The van der Waals surface area contributed by atoms with Gasteiger partial charge in [-0.3, -0.25) is 9.59 Å². The quantitative estimate of drug-likeness (QED) is 0.128. The fourth-order valence-electron chi connectivity index (χ4n) is 7.86. The molecule has 0 aromatic heterocycles. The zero-order chi connectivity index (χ0) is 36.8. The second kappa shape index (κ2) is 11.9. The van der Waals surface area contributed by atoms with E-state index in [0.29, 0.717) is 0 Å². The summed E-state index contributed by atoms with van der Waals surface area (Å²) < 4.78 is 22.1. The predicted octanol–water partition coefficient (Wildman–Crippen LogP) is 1.48. The number of anilines is 1. The number of carboxylic acids is 1. The molecule has 3 unspecified atom stereocenters. The van der Waals surface area contributed by atoms with Crippen LogP contribution < -0.4 is 5.32 Å². The number of aromatic hydroxyl groups is 3. The Hall–Kier alpha value is -4.75. The molecule has 2 aliphatic carbocycles. The summed E-state index contributed by atoms with van der Waals surface area (Å²) in [6.07, 6.45) is -7.41. The summed E-state index contributed by atoms with van der Waals surface area (Å²) in [7, 11) is 3.56. The summed E-state index contributed by atoms with van der Waals surface area (Å²) >= 11 is 0. The van der Waals surface area contributed by atoms with Crippen LogP contribution in [0.4, 0.5) is 11.4 Å². The third-order valence-electron chi connectivity index (χ3n) is 10.1. The predicted molar refractivity (Wildman–Crippen MR) is 170 cm³/mol. The van der Waals surface area contributed by atoms with E-state index in [4.69, 9.17) is 18.9 Å². The maximum absolute atomic E-state index is 14.6. The molecule has 3 aromatic carbocycles. The molecule has 8 atom stereocenters. The van der Waals surface area contributed by atoms with Crippen molar-refractivity contribution in [2.75, 3.05) is 26.6 Å². The van der Waals surface area contributed by atoms with Crippen molar-refractivity contribution in [2.24, 2.45) is 5.18 Å². The zero-order valence-corrected chi connectivity index (χ0v) is 27.2. The van der Waals surface area contributed by atoms with Gasteiger partial charge in [0.15, 0.2) is 17.4 Å². The molecule has 1 fully saturated rings. The first-order chi connectivity index (χ1) is 23.6. The second-order valence-corrected chi connectivity index (χ2v) is 12.5. The van der Waals surface area contributed by atoms with Crippen LogP contribution in [0, 0.1) is 11.8 Å². The lowest BCUT2D eigenvalue weighted by Crippen LogP contribution is -2.73. The molecule has 50 heavy (non-hydrogen) atoms. The van der Waals surface area contributed by atoms with E-state index in [1.165, 1.54) is 27.2 Å². The summed E-state index contributed by atoms with van der Waals surface area (Å²) in [5, 5.41) is 83.6. The van der Waals surface area contributed by atoms with Crippen LogP contribution >= 0.6 is 0 Å². The SMILES string of the molecule is CO[C@@H]1[C@@H](O)[C@@H](OC)[C@@H](Nc2cc(N=O)c3c(O)c4c(cc3c2O)C(=O)C2(O)c3c(cc(C)c(C(=O)O)c3O)CC(O)C2(OC)C4=O)O[C@H]1C. The van der Waals surface area contributed by atoms with Crippen LogP contribution in [0.15, 0.2) is 23.4 Å².